The number of carbonyl (C=O) groups excluding carboxylic acids is 1. The van der Waals surface area contributed by atoms with E-state index in [1.807, 2.05) is 5.38 Å². The van der Waals surface area contributed by atoms with Crippen molar-refractivity contribution in [1.29, 1.82) is 0 Å². The predicted octanol–water partition coefficient (Wildman–Crippen LogP) is 2.15. The quantitative estimate of drug-likeness (QED) is 0.945. The van der Waals surface area contributed by atoms with Gasteiger partial charge in [-0.1, -0.05) is 19.8 Å². The summed E-state index contributed by atoms with van der Waals surface area (Å²) in [4.78, 5) is 29.3. The maximum atomic E-state index is 12.2. The van der Waals surface area contributed by atoms with Gasteiger partial charge >= 0.3 is 0 Å². The first kappa shape index (κ1) is 14.3. The molecule has 6 heteroatoms. The smallest absolute Gasteiger partial charge is 0.262 e. The second-order valence-electron chi connectivity index (χ2n) is 5.75. The Morgan fingerprint density at radius 1 is 1.48 bits per heavy atom. The molecule has 1 fully saturated rings. The van der Waals surface area contributed by atoms with Gasteiger partial charge in [0.15, 0.2) is 0 Å². The maximum absolute atomic E-state index is 12.2. The molecule has 2 heterocycles. The van der Waals surface area contributed by atoms with Crippen LogP contribution in [-0.2, 0) is 11.3 Å². The van der Waals surface area contributed by atoms with Gasteiger partial charge in [0.05, 0.1) is 11.7 Å². The van der Waals surface area contributed by atoms with Crippen LogP contribution in [0, 0.1) is 5.92 Å². The summed E-state index contributed by atoms with van der Waals surface area (Å²) < 4.78 is 1.39. The van der Waals surface area contributed by atoms with Gasteiger partial charge in [0.2, 0.25) is 5.91 Å². The average Bonchev–Trinajstić information content (AvgIpc) is 2.94. The zero-order chi connectivity index (χ0) is 14.8. The summed E-state index contributed by atoms with van der Waals surface area (Å²) in [6.07, 6.45) is 6.06. The summed E-state index contributed by atoms with van der Waals surface area (Å²) in [5.41, 5.74) is -0.145. The fourth-order valence-electron chi connectivity index (χ4n) is 2.94. The van der Waals surface area contributed by atoms with Gasteiger partial charge < -0.3 is 5.32 Å². The fourth-order valence-corrected chi connectivity index (χ4v) is 3.67. The van der Waals surface area contributed by atoms with Crippen LogP contribution in [0.3, 0.4) is 0 Å². The summed E-state index contributed by atoms with van der Waals surface area (Å²) in [6, 6.07) is 1.99. The van der Waals surface area contributed by atoms with Crippen molar-refractivity contribution in [2.24, 2.45) is 5.92 Å². The number of thiophene rings is 1. The van der Waals surface area contributed by atoms with Crippen LogP contribution < -0.4 is 10.9 Å². The number of hydrogen-bond donors (Lipinski definition) is 1. The number of hydrogen-bond acceptors (Lipinski definition) is 4. The SMILES string of the molecule is C[C@H]1CCCC[C@H]1NC(=O)Cn1cnc2sccc2c1=O. The van der Waals surface area contributed by atoms with Gasteiger partial charge in [0, 0.05) is 6.04 Å². The summed E-state index contributed by atoms with van der Waals surface area (Å²) >= 11 is 1.43. The normalized spacial score (nSPS) is 22.3. The van der Waals surface area contributed by atoms with E-state index < -0.39 is 0 Å². The molecule has 1 N–H and O–H groups in total. The molecule has 1 aliphatic carbocycles. The van der Waals surface area contributed by atoms with E-state index in [1.165, 1.54) is 28.7 Å². The van der Waals surface area contributed by atoms with Gasteiger partial charge in [-0.2, -0.15) is 0 Å². The summed E-state index contributed by atoms with van der Waals surface area (Å²) in [7, 11) is 0. The third-order valence-corrected chi connectivity index (χ3v) is 5.04. The van der Waals surface area contributed by atoms with E-state index in [2.05, 4.69) is 17.2 Å². The van der Waals surface area contributed by atoms with Gasteiger partial charge in [0.1, 0.15) is 11.4 Å². The van der Waals surface area contributed by atoms with Crippen molar-refractivity contribution in [1.82, 2.24) is 14.9 Å². The first-order chi connectivity index (χ1) is 10.1. The molecular formula is C15H19N3O2S. The number of nitrogens with one attached hydrogen (secondary N) is 1. The molecule has 0 spiro atoms. The van der Waals surface area contributed by atoms with Crippen molar-refractivity contribution >= 4 is 27.5 Å². The molecule has 0 bridgehead atoms. The van der Waals surface area contributed by atoms with Crippen LogP contribution in [0.5, 0.6) is 0 Å². The van der Waals surface area contributed by atoms with E-state index in [0.29, 0.717) is 11.3 Å². The third-order valence-electron chi connectivity index (χ3n) is 4.22. The number of fused-ring (bicyclic) bond motifs is 1. The Balaban J connectivity index is 1.71. The lowest BCUT2D eigenvalue weighted by Gasteiger charge is -2.29. The molecule has 0 radical (unpaired) electrons. The molecule has 1 aliphatic rings. The van der Waals surface area contributed by atoms with Crippen molar-refractivity contribution in [3.63, 3.8) is 0 Å². The first-order valence-corrected chi connectivity index (χ1v) is 8.25. The van der Waals surface area contributed by atoms with E-state index in [-0.39, 0.29) is 24.1 Å². The molecule has 112 valence electrons. The Bertz CT molecular complexity index is 706. The monoisotopic (exact) mass is 305 g/mol. The van der Waals surface area contributed by atoms with Gasteiger partial charge in [-0.3, -0.25) is 14.2 Å². The first-order valence-electron chi connectivity index (χ1n) is 7.37. The summed E-state index contributed by atoms with van der Waals surface area (Å²) in [5, 5.41) is 5.49. The minimum absolute atomic E-state index is 0.0425. The van der Waals surface area contributed by atoms with E-state index in [4.69, 9.17) is 0 Å². The van der Waals surface area contributed by atoms with Gasteiger partial charge in [-0.25, -0.2) is 4.98 Å². The molecule has 5 nitrogen and oxygen atoms in total. The highest BCUT2D eigenvalue weighted by molar-refractivity contribution is 7.16. The zero-order valence-corrected chi connectivity index (χ0v) is 12.9. The molecule has 1 amide bonds. The molecule has 2 aromatic heterocycles. The Kier molecular flexibility index (Phi) is 4.05. The Morgan fingerprint density at radius 2 is 2.29 bits per heavy atom. The number of carbonyl (C=O) groups is 1. The molecule has 0 aromatic carbocycles. The van der Waals surface area contributed by atoms with E-state index >= 15 is 0 Å². The van der Waals surface area contributed by atoms with Crippen molar-refractivity contribution in [2.75, 3.05) is 0 Å². The minimum atomic E-state index is -0.145. The highest BCUT2D eigenvalue weighted by Crippen LogP contribution is 2.23. The Hall–Kier alpha value is -1.69. The predicted molar refractivity (Wildman–Crippen MR) is 83.4 cm³/mol. The van der Waals surface area contributed by atoms with E-state index in [1.54, 1.807) is 6.07 Å². The molecule has 3 rings (SSSR count). The fraction of sp³-hybridized carbons (Fsp3) is 0.533. The average molecular weight is 305 g/mol. The van der Waals surface area contributed by atoms with Gasteiger partial charge in [0.25, 0.3) is 5.56 Å². The van der Waals surface area contributed by atoms with Crippen LogP contribution in [0.1, 0.15) is 32.6 Å². The number of rotatable bonds is 3. The van der Waals surface area contributed by atoms with Crippen LogP contribution in [-0.4, -0.2) is 21.5 Å². The van der Waals surface area contributed by atoms with Gasteiger partial charge in [-0.05, 0) is 30.2 Å². The van der Waals surface area contributed by atoms with Crippen molar-refractivity contribution in [3.8, 4) is 0 Å². The Morgan fingerprint density at radius 3 is 3.10 bits per heavy atom. The molecule has 21 heavy (non-hydrogen) atoms. The topological polar surface area (TPSA) is 64.0 Å². The number of amides is 1. The maximum Gasteiger partial charge on any atom is 0.262 e. The molecule has 0 aliphatic heterocycles. The lowest BCUT2D eigenvalue weighted by molar-refractivity contribution is -0.123. The second-order valence-corrected chi connectivity index (χ2v) is 6.65. The lowest BCUT2D eigenvalue weighted by Crippen LogP contribution is -2.43. The molecule has 0 saturated heterocycles. The van der Waals surface area contributed by atoms with Crippen molar-refractivity contribution in [2.45, 2.75) is 45.2 Å². The van der Waals surface area contributed by atoms with Crippen LogP contribution in [0.25, 0.3) is 10.2 Å². The lowest BCUT2D eigenvalue weighted by atomic mass is 9.86. The highest BCUT2D eigenvalue weighted by Gasteiger charge is 2.22. The molecule has 1 saturated carbocycles. The molecule has 2 atom stereocenters. The van der Waals surface area contributed by atoms with Crippen LogP contribution in [0.15, 0.2) is 22.6 Å². The zero-order valence-electron chi connectivity index (χ0n) is 12.0. The standard InChI is InChI=1S/C15H19N3O2S/c1-10-4-2-3-5-12(10)17-13(19)8-18-9-16-14-11(15(18)20)6-7-21-14/h6-7,9-10,12H,2-5,8H2,1H3,(H,17,19)/t10-,12+/m0/s1. The summed E-state index contributed by atoms with van der Waals surface area (Å²) in [6.45, 7) is 2.22. The molecule has 2 aromatic rings. The van der Waals surface area contributed by atoms with Crippen LogP contribution >= 0.6 is 11.3 Å². The molecule has 0 unspecified atom stereocenters. The second kappa shape index (κ2) is 5.97. The third kappa shape index (κ3) is 3.00. The van der Waals surface area contributed by atoms with Crippen molar-refractivity contribution < 1.29 is 4.79 Å². The van der Waals surface area contributed by atoms with Gasteiger partial charge in [-0.15, -0.1) is 11.3 Å². The number of nitrogens with zero attached hydrogens (tertiary/aromatic N) is 2. The number of aromatic nitrogens is 2. The summed E-state index contributed by atoms with van der Waals surface area (Å²) in [5.74, 6) is 0.407. The highest BCUT2D eigenvalue weighted by atomic mass is 32.1. The van der Waals surface area contributed by atoms with Crippen LogP contribution in [0.4, 0.5) is 0 Å². The van der Waals surface area contributed by atoms with E-state index in [9.17, 15) is 9.59 Å². The molecular weight excluding hydrogens is 286 g/mol. The van der Waals surface area contributed by atoms with Crippen LogP contribution in [0.2, 0.25) is 0 Å². The van der Waals surface area contributed by atoms with E-state index in [0.717, 1.165) is 24.1 Å². The minimum Gasteiger partial charge on any atom is -0.352 e. The van der Waals surface area contributed by atoms with Crippen molar-refractivity contribution in [3.05, 3.63) is 28.1 Å². The Labute approximate surface area is 127 Å². The largest absolute Gasteiger partial charge is 0.352 e.